The van der Waals surface area contributed by atoms with Gasteiger partial charge in [-0.3, -0.25) is 4.90 Å². The first kappa shape index (κ1) is 21.0. The summed E-state index contributed by atoms with van der Waals surface area (Å²) in [5, 5.41) is 9.16. The Kier molecular flexibility index (Phi) is 5.99. The molecule has 2 aliphatic rings. The van der Waals surface area contributed by atoms with Crippen LogP contribution in [-0.4, -0.2) is 54.8 Å². The normalized spacial score (nSPS) is 20.4. The first-order valence-corrected chi connectivity index (χ1v) is 10.1. The first-order valence-electron chi connectivity index (χ1n) is 10.1. The van der Waals surface area contributed by atoms with Crippen LogP contribution in [0.1, 0.15) is 25.3 Å². The lowest BCUT2D eigenvalue weighted by atomic mass is 10.0. The monoisotopic (exact) mass is 426 g/mol. The van der Waals surface area contributed by atoms with Crippen LogP contribution in [0.25, 0.3) is 11.1 Å². The standard InChI is InChI=1S/C23H23FN2O5/c1-14(28)2-8-19-11-26(23(29)31-19)18-7-9-20(21(24)10-18)15-3-5-16(6-4-15)22-25-17(12-27)13-30-22/h3-7,9-10,17,19,27H,2,8,11-13H2,1H3/t17?,19-/m0/s1. The van der Waals surface area contributed by atoms with Gasteiger partial charge in [0.25, 0.3) is 0 Å². The number of carbonyl (C=O) groups is 2. The van der Waals surface area contributed by atoms with Gasteiger partial charge in [0.05, 0.1) is 18.8 Å². The molecular formula is C23H23FN2O5. The molecule has 1 saturated heterocycles. The fourth-order valence-electron chi connectivity index (χ4n) is 3.61. The largest absolute Gasteiger partial charge is 0.475 e. The fourth-order valence-corrected chi connectivity index (χ4v) is 3.61. The van der Waals surface area contributed by atoms with Crippen LogP contribution in [0.5, 0.6) is 0 Å². The highest BCUT2D eigenvalue weighted by molar-refractivity contribution is 5.95. The van der Waals surface area contributed by atoms with Crippen molar-refractivity contribution < 1.29 is 28.6 Å². The summed E-state index contributed by atoms with van der Waals surface area (Å²) >= 11 is 0. The van der Waals surface area contributed by atoms with Gasteiger partial charge < -0.3 is 19.4 Å². The smallest absolute Gasteiger partial charge is 0.414 e. The van der Waals surface area contributed by atoms with Crippen molar-refractivity contribution in [3.8, 4) is 11.1 Å². The van der Waals surface area contributed by atoms with Gasteiger partial charge in [-0.25, -0.2) is 14.2 Å². The highest BCUT2D eigenvalue weighted by atomic mass is 19.1. The van der Waals surface area contributed by atoms with Gasteiger partial charge in [-0.15, -0.1) is 0 Å². The highest BCUT2D eigenvalue weighted by Crippen LogP contribution is 2.30. The average molecular weight is 426 g/mol. The third-order valence-electron chi connectivity index (χ3n) is 5.32. The van der Waals surface area contributed by atoms with Crippen molar-refractivity contribution in [2.24, 2.45) is 4.99 Å². The molecule has 0 bridgehead atoms. The number of aliphatic hydroxyl groups is 1. The number of rotatable bonds is 7. The van der Waals surface area contributed by atoms with Crippen LogP contribution in [0, 0.1) is 5.82 Å². The molecule has 7 nitrogen and oxygen atoms in total. The van der Waals surface area contributed by atoms with E-state index in [0.29, 0.717) is 42.2 Å². The van der Waals surface area contributed by atoms with Gasteiger partial charge >= 0.3 is 6.09 Å². The van der Waals surface area contributed by atoms with E-state index in [1.54, 1.807) is 36.4 Å². The van der Waals surface area contributed by atoms with E-state index in [1.165, 1.54) is 17.9 Å². The van der Waals surface area contributed by atoms with Crippen molar-refractivity contribution in [2.75, 3.05) is 24.7 Å². The minimum Gasteiger partial charge on any atom is -0.475 e. The quantitative estimate of drug-likeness (QED) is 0.734. The minimum absolute atomic E-state index is 0.0377. The Morgan fingerprint density at radius 1 is 1.23 bits per heavy atom. The molecule has 0 saturated carbocycles. The Balaban J connectivity index is 1.48. The number of hydrogen-bond donors (Lipinski definition) is 1. The molecule has 162 valence electrons. The lowest BCUT2D eigenvalue weighted by Crippen LogP contribution is -2.24. The summed E-state index contributed by atoms with van der Waals surface area (Å²) < 4.78 is 25.6. The SMILES string of the molecule is CC(=O)CC[C@H]1CN(c2ccc(-c3ccc(C4=NC(CO)CO4)cc3)c(F)c2)C(=O)O1. The maximum atomic E-state index is 14.9. The molecule has 0 aromatic heterocycles. The van der Waals surface area contributed by atoms with Crippen LogP contribution in [0.3, 0.4) is 0 Å². The fraction of sp³-hybridized carbons (Fsp3) is 0.348. The van der Waals surface area contributed by atoms with E-state index in [2.05, 4.69) is 4.99 Å². The Morgan fingerprint density at radius 3 is 2.61 bits per heavy atom. The number of halogens is 1. The van der Waals surface area contributed by atoms with Crippen LogP contribution in [0.15, 0.2) is 47.5 Å². The van der Waals surface area contributed by atoms with Crippen LogP contribution in [0.4, 0.5) is 14.9 Å². The molecule has 1 N–H and O–H groups in total. The number of benzene rings is 2. The van der Waals surface area contributed by atoms with E-state index in [0.717, 1.165) is 5.56 Å². The van der Waals surface area contributed by atoms with Crippen molar-refractivity contribution >= 4 is 23.5 Å². The summed E-state index contributed by atoms with van der Waals surface area (Å²) in [6.45, 7) is 2.06. The number of Topliss-reactive ketones (excluding diaryl/α,β-unsaturated/α-hetero) is 1. The summed E-state index contributed by atoms with van der Waals surface area (Å²) in [6.07, 6.45) is -0.118. The Bertz CT molecular complexity index is 1020. The maximum Gasteiger partial charge on any atom is 0.414 e. The number of ether oxygens (including phenoxy) is 2. The van der Waals surface area contributed by atoms with E-state index in [4.69, 9.17) is 14.6 Å². The lowest BCUT2D eigenvalue weighted by molar-refractivity contribution is -0.117. The summed E-state index contributed by atoms with van der Waals surface area (Å²) in [6, 6.07) is 11.5. The Hall–Kier alpha value is -3.26. The number of amides is 1. The number of aliphatic imine (C=N–C) groups is 1. The number of aliphatic hydroxyl groups excluding tert-OH is 1. The third kappa shape index (κ3) is 4.59. The van der Waals surface area contributed by atoms with Crippen molar-refractivity contribution in [3.63, 3.8) is 0 Å². The molecule has 2 aliphatic heterocycles. The molecule has 2 aromatic rings. The second-order valence-electron chi connectivity index (χ2n) is 7.68. The van der Waals surface area contributed by atoms with Gasteiger partial charge in [-0.1, -0.05) is 12.1 Å². The molecule has 0 radical (unpaired) electrons. The van der Waals surface area contributed by atoms with Crippen LogP contribution >= 0.6 is 0 Å². The Labute approximate surface area is 179 Å². The van der Waals surface area contributed by atoms with Gasteiger partial charge in [0.15, 0.2) is 0 Å². The molecule has 0 spiro atoms. The maximum absolute atomic E-state index is 14.9. The third-order valence-corrected chi connectivity index (χ3v) is 5.32. The van der Waals surface area contributed by atoms with Crippen LogP contribution < -0.4 is 4.90 Å². The zero-order valence-electron chi connectivity index (χ0n) is 17.1. The zero-order valence-corrected chi connectivity index (χ0v) is 17.1. The number of anilines is 1. The van der Waals surface area contributed by atoms with Crippen molar-refractivity contribution in [1.29, 1.82) is 0 Å². The van der Waals surface area contributed by atoms with Crippen molar-refractivity contribution in [3.05, 3.63) is 53.8 Å². The summed E-state index contributed by atoms with van der Waals surface area (Å²) in [5.74, 6) is 0.0454. The van der Waals surface area contributed by atoms with E-state index in [1.807, 2.05) is 0 Å². The molecule has 1 unspecified atom stereocenters. The van der Waals surface area contributed by atoms with E-state index in [-0.39, 0.29) is 31.1 Å². The second-order valence-corrected chi connectivity index (χ2v) is 7.68. The minimum atomic E-state index is -0.538. The molecule has 8 heteroatoms. The molecule has 2 heterocycles. The molecule has 31 heavy (non-hydrogen) atoms. The van der Waals surface area contributed by atoms with Crippen LogP contribution in [0.2, 0.25) is 0 Å². The number of hydrogen-bond acceptors (Lipinski definition) is 6. The molecular weight excluding hydrogens is 403 g/mol. The summed E-state index contributed by atoms with van der Waals surface area (Å²) in [5.41, 5.74) is 2.25. The molecule has 0 aliphatic carbocycles. The summed E-state index contributed by atoms with van der Waals surface area (Å²) in [4.78, 5) is 29.0. The molecule has 2 aromatic carbocycles. The van der Waals surface area contributed by atoms with Crippen LogP contribution in [-0.2, 0) is 14.3 Å². The average Bonchev–Trinajstić information content (AvgIpc) is 3.39. The Morgan fingerprint density at radius 2 is 1.97 bits per heavy atom. The second kappa shape index (κ2) is 8.85. The van der Waals surface area contributed by atoms with Crippen molar-refractivity contribution in [2.45, 2.75) is 31.9 Å². The van der Waals surface area contributed by atoms with E-state index >= 15 is 0 Å². The number of carbonyl (C=O) groups excluding carboxylic acids is 2. The molecule has 1 fully saturated rings. The van der Waals surface area contributed by atoms with Gasteiger partial charge in [-0.05, 0) is 49.2 Å². The van der Waals surface area contributed by atoms with Gasteiger partial charge in [-0.2, -0.15) is 0 Å². The van der Waals surface area contributed by atoms with Gasteiger partial charge in [0, 0.05) is 17.5 Å². The molecule has 2 atom stereocenters. The zero-order chi connectivity index (χ0) is 22.0. The highest BCUT2D eigenvalue weighted by Gasteiger charge is 2.32. The predicted molar refractivity (Wildman–Crippen MR) is 113 cm³/mol. The number of ketones is 1. The van der Waals surface area contributed by atoms with Crippen molar-refractivity contribution in [1.82, 2.24) is 0 Å². The predicted octanol–water partition coefficient (Wildman–Crippen LogP) is 3.32. The van der Waals surface area contributed by atoms with Gasteiger partial charge in [0.2, 0.25) is 5.90 Å². The lowest BCUT2D eigenvalue weighted by Gasteiger charge is -2.14. The number of nitrogens with zero attached hydrogens (tertiary/aromatic N) is 2. The van der Waals surface area contributed by atoms with E-state index < -0.39 is 11.9 Å². The number of cyclic esters (lactones) is 1. The topological polar surface area (TPSA) is 88.4 Å². The van der Waals surface area contributed by atoms with E-state index in [9.17, 15) is 14.0 Å². The summed E-state index contributed by atoms with van der Waals surface area (Å²) in [7, 11) is 0. The van der Waals surface area contributed by atoms with Gasteiger partial charge in [0.1, 0.15) is 30.4 Å². The first-order chi connectivity index (χ1) is 14.9. The molecule has 4 rings (SSSR count). The molecule has 1 amide bonds.